The van der Waals surface area contributed by atoms with Crippen molar-refractivity contribution in [2.75, 3.05) is 0 Å². The van der Waals surface area contributed by atoms with Crippen LogP contribution >= 0.6 is 0 Å². The first kappa shape index (κ1) is 32.4. The fourth-order valence-corrected chi connectivity index (χ4v) is 2.90. The Morgan fingerprint density at radius 2 is 1.14 bits per heavy atom. The number of alkyl carbamates (subject to hydrolysis) is 1. The van der Waals surface area contributed by atoms with E-state index in [-0.39, 0.29) is 12.4 Å². The standard InChI is InChI=1S/C25H25NO4.3C2H6/c1-19(27)24(16-20-8-4-2-5-9-20)26-25(28)30-18-22-12-14-23(15-13-22)29-17-21-10-6-3-7-11-21;3*1-2/h2-15,24H,16-18H2,1H3,(H,26,28);3*1-2H3. The molecule has 5 heteroatoms. The molecule has 1 unspecified atom stereocenters. The van der Waals surface area contributed by atoms with Crippen molar-refractivity contribution in [3.05, 3.63) is 102 Å². The lowest BCUT2D eigenvalue weighted by Gasteiger charge is -2.16. The van der Waals surface area contributed by atoms with Crippen LogP contribution in [-0.2, 0) is 29.2 Å². The SMILES string of the molecule is CC.CC.CC.CC(=O)C(Cc1ccccc1)NC(=O)OCc1ccc(OCc2ccccc2)cc1. The Labute approximate surface area is 217 Å². The van der Waals surface area contributed by atoms with E-state index in [2.05, 4.69) is 5.32 Å². The van der Waals surface area contributed by atoms with Gasteiger partial charge in [-0.1, -0.05) is 114 Å². The van der Waals surface area contributed by atoms with Crippen LogP contribution in [0.5, 0.6) is 5.75 Å². The van der Waals surface area contributed by atoms with Gasteiger partial charge in [-0.05, 0) is 42.2 Å². The van der Waals surface area contributed by atoms with E-state index in [1.54, 1.807) is 0 Å². The molecule has 0 aromatic heterocycles. The lowest BCUT2D eigenvalue weighted by atomic mass is 10.0. The summed E-state index contributed by atoms with van der Waals surface area (Å²) in [5.41, 5.74) is 2.90. The molecule has 1 atom stereocenters. The van der Waals surface area contributed by atoms with Gasteiger partial charge in [0.2, 0.25) is 0 Å². The minimum atomic E-state index is -0.617. The zero-order valence-electron chi connectivity index (χ0n) is 22.9. The molecule has 0 bridgehead atoms. The van der Waals surface area contributed by atoms with Gasteiger partial charge in [-0.15, -0.1) is 0 Å². The van der Waals surface area contributed by atoms with Gasteiger partial charge in [-0.3, -0.25) is 4.79 Å². The molecule has 5 nitrogen and oxygen atoms in total. The summed E-state index contributed by atoms with van der Waals surface area (Å²) in [4.78, 5) is 24.0. The number of benzene rings is 3. The van der Waals surface area contributed by atoms with Crippen LogP contribution in [0.4, 0.5) is 4.79 Å². The summed E-state index contributed by atoms with van der Waals surface area (Å²) in [5.74, 6) is 0.627. The normalized spacial score (nSPS) is 9.97. The lowest BCUT2D eigenvalue weighted by Crippen LogP contribution is -2.41. The number of ketones is 1. The van der Waals surface area contributed by atoms with Crippen LogP contribution in [0.25, 0.3) is 0 Å². The number of carbonyl (C=O) groups excluding carboxylic acids is 2. The molecule has 0 aliphatic heterocycles. The summed E-state index contributed by atoms with van der Waals surface area (Å²) < 4.78 is 11.0. The van der Waals surface area contributed by atoms with Crippen LogP contribution in [-0.4, -0.2) is 17.9 Å². The van der Waals surface area contributed by atoms with Gasteiger partial charge in [-0.2, -0.15) is 0 Å². The molecular formula is C31H43NO4. The fourth-order valence-electron chi connectivity index (χ4n) is 2.90. The van der Waals surface area contributed by atoms with E-state index in [0.29, 0.717) is 13.0 Å². The first-order chi connectivity index (χ1) is 17.6. The van der Waals surface area contributed by atoms with E-state index in [1.807, 2.05) is 126 Å². The zero-order chi connectivity index (χ0) is 27.2. The molecule has 196 valence electrons. The second-order valence-electron chi connectivity index (χ2n) is 6.99. The second kappa shape index (κ2) is 20.7. The quantitative estimate of drug-likeness (QED) is 0.331. The monoisotopic (exact) mass is 493 g/mol. The lowest BCUT2D eigenvalue weighted by molar-refractivity contribution is -0.118. The first-order valence-corrected chi connectivity index (χ1v) is 12.8. The van der Waals surface area contributed by atoms with E-state index in [9.17, 15) is 9.59 Å². The van der Waals surface area contributed by atoms with Crippen molar-refractivity contribution in [2.24, 2.45) is 0 Å². The van der Waals surface area contributed by atoms with Crippen LogP contribution in [0.3, 0.4) is 0 Å². The molecule has 0 saturated heterocycles. The molecule has 36 heavy (non-hydrogen) atoms. The molecule has 0 heterocycles. The van der Waals surface area contributed by atoms with Gasteiger partial charge in [-0.25, -0.2) is 4.79 Å². The van der Waals surface area contributed by atoms with Crippen molar-refractivity contribution >= 4 is 11.9 Å². The third-order valence-corrected chi connectivity index (χ3v) is 4.61. The van der Waals surface area contributed by atoms with Crippen LogP contribution in [0.1, 0.15) is 65.2 Å². The van der Waals surface area contributed by atoms with Gasteiger partial charge in [0, 0.05) is 0 Å². The van der Waals surface area contributed by atoms with Gasteiger partial charge in [0.05, 0.1) is 6.04 Å². The maximum atomic E-state index is 12.1. The van der Waals surface area contributed by atoms with Gasteiger partial charge in [0.1, 0.15) is 19.0 Å². The van der Waals surface area contributed by atoms with Crippen molar-refractivity contribution in [1.29, 1.82) is 0 Å². The smallest absolute Gasteiger partial charge is 0.408 e. The number of hydrogen-bond acceptors (Lipinski definition) is 4. The average Bonchev–Trinajstić information content (AvgIpc) is 2.95. The Balaban J connectivity index is 0.00000190. The highest BCUT2D eigenvalue weighted by Crippen LogP contribution is 2.15. The highest BCUT2D eigenvalue weighted by Gasteiger charge is 2.18. The topological polar surface area (TPSA) is 64.6 Å². The fraction of sp³-hybridized carbons (Fsp3) is 0.355. The highest BCUT2D eigenvalue weighted by molar-refractivity contribution is 5.85. The van der Waals surface area contributed by atoms with Crippen LogP contribution in [0.2, 0.25) is 0 Å². The largest absolute Gasteiger partial charge is 0.489 e. The van der Waals surface area contributed by atoms with E-state index >= 15 is 0 Å². The molecule has 0 saturated carbocycles. The van der Waals surface area contributed by atoms with Gasteiger partial charge >= 0.3 is 6.09 Å². The molecule has 0 aliphatic carbocycles. The number of hydrogen-bond donors (Lipinski definition) is 1. The van der Waals surface area contributed by atoms with Crippen molar-refractivity contribution < 1.29 is 19.1 Å². The summed E-state index contributed by atoms with van der Waals surface area (Å²) >= 11 is 0. The van der Waals surface area contributed by atoms with Crippen LogP contribution < -0.4 is 10.1 Å². The Bertz CT molecular complexity index is 941. The van der Waals surface area contributed by atoms with E-state index in [1.165, 1.54) is 6.92 Å². The third kappa shape index (κ3) is 13.3. The van der Waals surface area contributed by atoms with Gasteiger partial charge in [0.15, 0.2) is 5.78 Å². The predicted molar refractivity (Wildman–Crippen MR) is 149 cm³/mol. The molecule has 3 aromatic carbocycles. The second-order valence-corrected chi connectivity index (χ2v) is 6.99. The Hall–Kier alpha value is -3.60. The van der Waals surface area contributed by atoms with Gasteiger partial charge < -0.3 is 14.8 Å². The molecule has 0 spiro atoms. The van der Waals surface area contributed by atoms with Crippen molar-refractivity contribution in [2.45, 2.75) is 74.1 Å². The number of amides is 1. The first-order valence-electron chi connectivity index (χ1n) is 12.8. The Kier molecular flexibility index (Phi) is 18.7. The summed E-state index contributed by atoms with van der Waals surface area (Å²) in [6.45, 7) is 14.1. The predicted octanol–water partition coefficient (Wildman–Crippen LogP) is 7.77. The Morgan fingerprint density at radius 1 is 0.667 bits per heavy atom. The molecule has 0 fully saturated rings. The summed E-state index contributed by atoms with van der Waals surface area (Å²) in [6.07, 6.45) is -0.186. The molecule has 0 aliphatic rings. The summed E-state index contributed by atoms with van der Waals surface area (Å²) in [7, 11) is 0. The van der Waals surface area contributed by atoms with E-state index in [4.69, 9.17) is 9.47 Å². The molecule has 0 radical (unpaired) electrons. The molecule has 3 rings (SSSR count). The van der Waals surface area contributed by atoms with E-state index < -0.39 is 12.1 Å². The molecule has 3 aromatic rings. The number of rotatable bonds is 9. The number of nitrogens with one attached hydrogen (secondary N) is 1. The number of Topliss-reactive ketones (excluding diaryl/α,β-unsaturated/α-hetero) is 1. The number of carbonyl (C=O) groups is 2. The average molecular weight is 494 g/mol. The minimum Gasteiger partial charge on any atom is -0.489 e. The van der Waals surface area contributed by atoms with Crippen molar-refractivity contribution in [3.63, 3.8) is 0 Å². The molecular weight excluding hydrogens is 450 g/mol. The van der Waals surface area contributed by atoms with Crippen LogP contribution in [0, 0.1) is 0 Å². The molecule has 1 amide bonds. The maximum Gasteiger partial charge on any atom is 0.408 e. The highest BCUT2D eigenvalue weighted by atomic mass is 16.5. The summed E-state index contributed by atoms with van der Waals surface area (Å²) in [5, 5.41) is 2.65. The van der Waals surface area contributed by atoms with Crippen LogP contribution in [0.15, 0.2) is 84.9 Å². The van der Waals surface area contributed by atoms with Crippen molar-refractivity contribution in [3.8, 4) is 5.75 Å². The third-order valence-electron chi connectivity index (χ3n) is 4.61. The minimum absolute atomic E-state index is 0.112. The molecule has 1 N–H and O–H groups in total. The Morgan fingerprint density at radius 3 is 1.64 bits per heavy atom. The maximum absolute atomic E-state index is 12.1. The van der Waals surface area contributed by atoms with E-state index in [0.717, 1.165) is 22.4 Å². The zero-order valence-corrected chi connectivity index (χ0v) is 22.9. The van der Waals surface area contributed by atoms with Gasteiger partial charge in [0.25, 0.3) is 0 Å². The number of ether oxygens (including phenoxy) is 2. The van der Waals surface area contributed by atoms with Crippen molar-refractivity contribution in [1.82, 2.24) is 5.32 Å². The summed E-state index contributed by atoms with van der Waals surface area (Å²) in [6, 6.07) is 26.2.